The van der Waals surface area contributed by atoms with Gasteiger partial charge in [-0.15, -0.1) is 0 Å². The zero-order valence-electron chi connectivity index (χ0n) is 19.7. The smallest absolute Gasteiger partial charge is 0.407 e. The standard InChI is InChI=1S/C27H30N2O6/c1-34-13-12-23(25(30)29-16-10-11-24(29)21(14-16)26(31)32)28-27(33)35-15-22-19-8-4-2-6-17(19)18-7-3-5-9-20(18)22/h2-9,16,21-24H,10-15H2,1H3,(H,28,33)(H,31,32). The first-order chi connectivity index (χ1) is 17.0. The van der Waals surface area contributed by atoms with Crippen LogP contribution in [0.15, 0.2) is 48.5 Å². The van der Waals surface area contributed by atoms with Crippen LogP contribution in [0, 0.1) is 5.92 Å². The third-order valence-electron chi connectivity index (χ3n) is 7.65. The molecule has 8 heteroatoms. The lowest BCUT2D eigenvalue weighted by Gasteiger charge is -2.28. The lowest BCUT2D eigenvalue weighted by Crippen LogP contribution is -2.51. The van der Waals surface area contributed by atoms with Crippen LogP contribution in [0.2, 0.25) is 0 Å². The van der Waals surface area contributed by atoms with Crippen LogP contribution in [-0.2, 0) is 19.1 Å². The molecule has 3 aliphatic rings. The Hall–Kier alpha value is -3.39. The summed E-state index contributed by atoms with van der Waals surface area (Å²) in [5.74, 6) is -1.75. The molecule has 2 heterocycles. The van der Waals surface area contributed by atoms with Crippen molar-refractivity contribution in [3.05, 3.63) is 59.7 Å². The molecule has 35 heavy (non-hydrogen) atoms. The lowest BCUT2D eigenvalue weighted by molar-refractivity contribution is -0.143. The number of carbonyl (C=O) groups excluding carboxylic acids is 2. The number of methoxy groups -OCH3 is 1. The second-order valence-corrected chi connectivity index (χ2v) is 9.53. The number of benzene rings is 2. The molecule has 5 rings (SSSR count). The van der Waals surface area contributed by atoms with E-state index in [1.165, 1.54) is 7.11 Å². The molecule has 2 aliphatic heterocycles. The van der Waals surface area contributed by atoms with E-state index in [1.54, 1.807) is 4.90 Å². The average molecular weight is 479 g/mol. The summed E-state index contributed by atoms with van der Waals surface area (Å²) in [4.78, 5) is 39.5. The zero-order valence-corrected chi connectivity index (χ0v) is 19.7. The molecule has 184 valence electrons. The van der Waals surface area contributed by atoms with E-state index < -0.39 is 24.0 Å². The van der Waals surface area contributed by atoms with Crippen molar-refractivity contribution in [1.82, 2.24) is 10.2 Å². The normalized spacial score (nSPS) is 23.0. The number of hydrogen-bond donors (Lipinski definition) is 2. The summed E-state index contributed by atoms with van der Waals surface area (Å²) >= 11 is 0. The predicted octanol–water partition coefficient (Wildman–Crippen LogP) is 3.39. The van der Waals surface area contributed by atoms with Gasteiger partial charge in [-0.05, 0) is 41.5 Å². The molecule has 1 aliphatic carbocycles. The Morgan fingerprint density at radius 3 is 2.31 bits per heavy atom. The third kappa shape index (κ3) is 4.27. The van der Waals surface area contributed by atoms with Gasteiger partial charge in [0.25, 0.3) is 0 Å². The Morgan fingerprint density at radius 1 is 1.06 bits per heavy atom. The second kappa shape index (κ2) is 9.70. The molecule has 4 unspecified atom stereocenters. The molecule has 0 radical (unpaired) electrons. The van der Waals surface area contributed by atoms with Crippen LogP contribution in [0.4, 0.5) is 4.79 Å². The minimum Gasteiger partial charge on any atom is -0.481 e. The third-order valence-corrected chi connectivity index (χ3v) is 7.65. The van der Waals surface area contributed by atoms with Gasteiger partial charge < -0.3 is 24.8 Å². The minimum atomic E-state index is -0.868. The second-order valence-electron chi connectivity index (χ2n) is 9.53. The number of carboxylic acid groups (broad SMARTS) is 1. The van der Waals surface area contributed by atoms with Crippen LogP contribution in [0.25, 0.3) is 11.1 Å². The summed E-state index contributed by atoms with van der Waals surface area (Å²) in [6, 6.07) is 14.9. The number of nitrogens with one attached hydrogen (secondary N) is 1. The van der Waals surface area contributed by atoms with Crippen LogP contribution in [0.5, 0.6) is 0 Å². The van der Waals surface area contributed by atoms with Crippen molar-refractivity contribution in [2.75, 3.05) is 20.3 Å². The van der Waals surface area contributed by atoms with E-state index in [1.807, 2.05) is 36.4 Å². The van der Waals surface area contributed by atoms with Crippen molar-refractivity contribution in [3.8, 4) is 11.1 Å². The van der Waals surface area contributed by atoms with Crippen molar-refractivity contribution < 1.29 is 29.0 Å². The van der Waals surface area contributed by atoms with E-state index in [-0.39, 0.29) is 43.5 Å². The maximum atomic E-state index is 13.4. The minimum absolute atomic E-state index is 0.0768. The Kier molecular flexibility index (Phi) is 6.47. The number of nitrogens with zero attached hydrogens (tertiary/aromatic N) is 1. The largest absolute Gasteiger partial charge is 0.481 e. The summed E-state index contributed by atoms with van der Waals surface area (Å²) in [6.45, 7) is 0.437. The predicted molar refractivity (Wildman–Crippen MR) is 128 cm³/mol. The highest BCUT2D eigenvalue weighted by Gasteiger charge is 2.52. The van der Waals surface area contributed by atoms with Gasteiger partial charge in [0.05, 0.1) is 5.92 Å². The first-order valence-corrected chi connectivity index (χ1v) is 12.1. The van der Waals surface area contributed by atoms with Crippen LogP contribution >= 0.6 is 0 Å². The number of rotatable bonds is 8. The van der Waals surface area contributed by atoms with Crippen molar-refractivity contribution in [2.24, 2.45) is 5.92 Å². The number of hydrogen-bond acceptors (Lipinski definition) is 5. The number of carbonyl (C=O) groups is 3. The molecule has 2 aromatic carbocycles. The molecule has 2 amide bonds. The summed E-state index contributed by atoms with van der Waals surface area (Å²) in [6.07, 6.45) is 1.56. The van der Waals surface area contributed by atoms with Gasteiger partial charge in [-0.25, -0.2) is 4.79 Å². The topological polar surface area (TPSA) is 105 Å². The van der Waals surface area contributed by atoms with Gasteiger partial charge in [0.2, 0.25) is 5.91 Å². The van der Waals surface area contributed by atoms with E-state index in [9.17, 15) is 19.5 Å². The van der Waals surface area contributed by atoms with Crippen LogP contribution in [-0.4, -0.2) is 66.4 Å². The molecule has 2 N–H and O–H groups in total. The highest BCUT2D eigenvalue weighted by atomic mass is 16.5. The van der Waals surface area contributed by atoms with E-state index in [2.05, 4.69) is 17.4 Å². The monoisotopic (exact) mass is 478 g/mol. The van der Waals surface area contributed by atoms with Crippen LogP contribution in [0.3, 0.4) is 0 Å². The quantitative estimate of drug-likeness (QED) is 0.603. The highest BCUT2D eigenvalue weighted by Crippen LogP contribution is 2.45. The molecular formula is C27H30N2O6. The fraction of sp³-hybridized carbons (Fsp3) is 0.444. The molecule has 0 spiro atoms. The molecule has 0 aromatic heterocycles. The first kappa shape index (κ1) is 23.4. The Bertz CT molecular complexity index is 1090. The van der Waals surface area contributed by atoms with Gasteiger partial charge in [0.1, 0.15) is 12.6 Å². The zero-order chi connectivity index (χ0) is 24.5. The number of fused-ring (bicyclic) bond motifs is 5. The lowest BCUT2D eigenvalue weighted by atomic mass is 9.89. The van der Waals surface area contributed by atoms with Crippen molar-refractivity contribution in [2.45, 2.75) is 49.7 Å². The number of ether oxygens (including phenoxy) is 2. The Labute approximate surface area is 204 Å². The van der Waals surface area contributed by atoms with Gasteiger partial charge in [0.15, 0.2) is 0 Å². The van der Waals surface area contributed by atoms with E-state index in [0.717, 1.165) is 28.7 Å². The van der Waals surface area contributed by atoms with Gasteiger partial charge in [-0.1, -0.05) is 48.5 Å². The van der Waals surface area contributed by atoms with Crippen molar-refractivity contribution >= 4 is 18.0 Å². The van der Waals surface area contributed by atoms with Gasteiger partial charge in [-0.2, -0.15) is 0 Å². The Morgan fingerprint density at radius 2 is 1.71 bits per heavy atom. The molecule has 2 fully saturated rings. The molecule has 0 saturated carbocycles. The summed E-state index contributed by atoms with van der Waals surface area (Å²) in [7, 11) is 1.54. The fourth-order valence-corrected chi connectivity index (χ4v) is 6.05. The number of amides is 2. The molecule has 2 bridgehead atoms. The molecule has 2 saturated heterocycles. The maximum Gasteiger partial charge on any atom is 0.407 e. The first-order valence-electron chi connectivity index (χ1n) is 12.1. The highest BCUT2D eigenvalue weighted by molar-refractivity contribution is 5.88. The number of carboxylic acids is 1. The molecule has 8 nitrogen and oxygen atoms in total. The maximum absolute atomic E-state index is 13.4. The fourth-order valence-electron chi connectivity index (χ4n) is 6.05. The van der Waals surface area contributed by atoms with Crippen LogP contribution < -0.4 is 5.32 Å². The molecule has 4 atom stereocenters. The van der Waals surface area contributed by atoms with Crippen molar-refractivity contribution in [1.29, 1.82) is 0 Å². The molecule has 2 aromatic rings. The van der Waals surface area contributed by atoms with Gasteiger partial charge >= 0.3 is 12.1 Å². The Balaban J connectivity index is 1.26. The van der Waals surface area contributed by atoms with Crippen LogP contribution in [0.1, 0.15) is 42.7 Å². The van der Waals surface area contributed by atoms with Crippen molar-refractivity contribution in [3.63, 3.8) is 0 Å². The van der Waals surface area contributed by atoms with E-state index in [0.29, 0.717) is 12.8 Å². The number of aliphatic carboxylic acids is 1. The van der Waals surface area contributed by atoms with Gasteiger partial charge in [-0.3, -0.25) is 9.59 Å². The van der Waals surface area contributed by atoms with E-state index >= 15 is 0 Å². The summed E-state index contributed by atoms with van der Waals surface area (Å²) < 4.78 is 10.8. The average Bonchev–Trinajstić information content (AvgIpc) is 3.54. The summed E-state index contributed by atoms with van der Waals surface area (Å²) in [5, 5.41) is 12.3. The SMILES string of the molecule is COCCC(NC(=O)OCC1c2ccccc2-c2ccccc21)C(=O)N1C2CCC1C(C(=O)O)C2. The summed E-state index contributed by atoms with van der Waals surface area (Å²) in [5.41, 5.74) is 4.51. The van der Waals surface area contributed by atoms with Gasteiger partial charge in [0, 0.05) is 38.1 Å². The van der Waals surface area contributed by atoms with E-state index in [4.69, 9.17) is 9.47 Å². The molecular weight excluding hydrogens is 448 g/mol. The number of alkyl carbamates (subject to hydrolysis) is 1.